The normalized spacial score (nSPS) is 10.9. The minimum Gasteiger partial charge on any atom is -0.497 e. The third-order valence-corrected chi connectivity index (χ3v) is 4.83. The summed E-state index contributed by atoms with van der Waals surface area (Å²) in [5.41, 5.74) is 4.33. The number of fused-ring (bicyclic) bond motifs is 1. The molecule has 5 heteroatoms. The van der Waals surface area contributed by atoms with E-state index in [2.05, 4.69) is 22.4 Å². The van der Waals surface area contributed by atoms with Gasteiger partial charge in [-0.3, -0.25) is 4.79 Å². The van der Waals surface area contributed by atoms with E-state index >= 15 is 0 Å². The van der Waals surface area contributed by atoms with Crippen molar-refractivity contribution in [1.82, 2.24) is 10.3 Å². The van der Waals surface area contributed by atoms with Crippen molar-refractivity contribution >= 4 is 16.8 Å². The van der Waals surface area contributed by atoms with Gasteiger partial charge in [0.1, 0.15) is 11.5 Å². The minimum atomic E-state index is 0.00219. The van der Waals surface area contributed by atoms with Gasteiger partial charge >= 0.3 is 0 Å². The Morgan fingerprint density at radius 3 is 2.64 bits per heavy atom. The van der Waals surface area contributed by atoms with Crippen LogP contribution in [0.25, 0.3) is 22.2 Å². The van der Waals surface area contributed by atoms with E-state index in [-0.39, 0.29) is 5.91 Å². The van der Waals surface area contributed by atoms with Gasteiger partial charge in [-0.05, 0) is 60.0 Å². The molecule has 0 fully saturated rings. The molecule has 4 aromatic rings. The monoisotopic (exact) mass is 374 g/mol. The average molecular weight is 374 g/mol. The number of aryl methyl sites for hydroxylation is 1. The van der Waals surface area contributed by atoms with Crippen LogP contribution in [0.2, 0.25) is 0 Å². The van der Waals surface area contributed by atoms with Crippen LogP contribution in [0.4, 0.5) is 0 Å². The van der Waals surface area contributed by atoms with E-state index in [9.17, 15) is 4.79 Å². The van der Waals surface area contributed by atoms with Gasteiger partial charge in [-0.25, -0.2) is 0 Å². The summed E-state index contributed by atoms with van der Waals surface area (Å²) in [4.78, 5) is 15.8. The molecule has 0 unspecified atom stereocenters. The lowest BCUT2D eigenvalue weighted by Gasteiger charge is -2.07. The molecule has 4 rings (SSSR count). The van der Waals surface area contributed by atoms with E-state index in [1.54, 1.807) is 13.4 Å². The fourth-order valence-electron chi connectivity index (χ4n) is 3.39. The zero-order valence-electron chi connectivity index (χ0n) is 15.7. The number of ether oxygens (including phenoxy) is 1. The molecule has 0 aliphatic heterocycles. The Hall–Kier alpha value is -3.47. The summed E-state index contributed by atoms with van der Waals surface area (Å²) in [6.07, 6.45) is 2.66. The van der Waals surface area contributed by atoms with Gasteiger partial charge in [0.05, 0.1) is 19.9 Å². The van der Waals surface area contributed by atoms with Crippen LogP contribution in [-0.2, 0) is 17.8 Å². The number of aromatic nitrogens is 1. The number of amides is 1. The molecule has 5 nitrogen and oxygen atoms in total. The van der Waals surface area contributed by atoms with Gasteiger partial charge in [0, 0.05) is 23.0 Å². The molecule has 0 aliphatic rings. The summed E-state index contributed by atoms with van der Waals surface area (Å²) < 4.78 is 10.5. The van der Waals surface area contributed by atoms with Crippen molar-refractivity contribution in [3.8, 4) is 17.0 Å². The zero-order chi connectivity index (χ0) is 19.3. The van der Waals surface area contributed by atoms with Crippen LogP contribution in [0.15, 0.2) is 71.3 Å². The van der Waals surface area contributed by atoms with E-state index < -0.39 is 0 Å². The topological polar surface area (TPSA) is 67.3 Å². The van der Waals surface area contributed by atoms with Crippen LogP contribution >= 0.6 is 0 Å². The number of hydrogen-bond donors (Lipinski definition) is 2. The molecule has 28 heavy (non-hydrogen) atoms. The predicted molar refractivity (Wildman–Crippen MR) is 109 cm³/mol. The summed E-state index contributed by atoms with van der Waals surface area (Å²) in [5, 5.41) is 4.06. The first-order valence-electron chi connectivity index (χ1n) is 9.27. The number of rotatable bonds is 7. The van der Waals surface area contributed by atoms with Crippen molar-refractivity contribution in [3.05, 3.63) is 78.3 Å². The largest absolute Gasteiger partial charge is 0.497 e. The maximum absolute atomic E-state index is 12.3. The molecule has 0 saturated heterocycles. The number of carbonyl (C=O) groups excluding carboxylic acids is 1. The van der Waals surface area contributed by atoms with E-state index in [0.29, 0.717) is 19.4 Å². The number of methoxy groups -OCH3 is 1. The summed E-state index contributed by atoms with van der Waals surface area (Å²) in [6, 6.07) is 19.8. The van der Waals surface area contributed by atoms with E-state index in [1.807, 2.05) is 48.5 Å². The second kappa shape index (κ2) is 8.05. The molecule has 0 atom stereocenters. The van der Waals surface area contributed by atoms with Crippen molar-refractivity contribution in [2.75, 3.05) is 7.11 Å². The van der Waals surface area contributed by atoms with Gasteiger partial charge in [-0.15, -0.1) is 0 Å². The number of benzene rings is 2. The fraction of sp³-hybridized carbons (Fsp3) is 0.174. The number of carbonyl (C=O) groups is 1. The molecule has 0 spiro atoms. The lowest BCUT2D eigenvalue weighted by atomic mass is 10.0. The molecule has 2 heterocycles. The number of H-pyrrole nitrogens is 1. The Kier molecular flexibility index (Phi) is 5.15. The number of hydrogen-bond acceptors (Lipinski definition) is 3. The molecule has 0 aliphatic carbocycles. The van der Waals surface area contributed by atoms with Crippen molar-refractivity contribution in [3.63, 3.8) is 0 Å². The average Bonchev–Trinajstić information content (AvgIpc) is 3.38. The molecular formula is C23H22N2O3. The van der Waals surface area contributed by atoms with E-state index in [1.165, 1.54) is 0 Å². The van der Waals surface area contributed by atoms with Gasteiger partial charge in [0.15, 0.2) is 0 Å². The van der Waals surface area contributed by atoms with E-state index in [4.69, 9.17) is 9.15 Å². The van der Waals surface area contributed by atoms with Crippen molar-refractivity contribution < 1.29 is 13.9 Å². The number of furan rings is 1. The predicted octanol–water partition coefficient (Wildman–Crippen LogP) is 4.69. The van der Waals surface area contributed by atoms with Crippen molar-refractivity contribution in [2.45, 2.75) is 19.4 Å². The van der Waals surface area contributed by atoms with Crippen LogP contribution in [0, 0.1) is 0 Å². The second-order valence-electron chi connectivity index (χ2n) is 6.61. The molecule has 142 valence electrons. The van der Waals surface area contributed by atoms with Gasteiger partial charge in [-0.2, -0.15) is 0 Å². The molecule has 2 aromatic carbocycles. The lowest BCUT2D eigenvalue weighted by Crippen LogP contribution is -2.22. The molecule has 0 saturated carbocycles. The number of para-hydroxylation sites is 1. The Labute approximate surface area is 163 Å². The summed E-state index contributed by atoms with van der Waals surface area (Å²) in [6.45, 7) is 0.408. The summed E-state index contributed by atoms with van der Waals surface area (Å²) >= 11 is 0. The molecule has 0 bridgehead atoms. The highest BCUT2D eigenvalue weighted by Gasteiger charge is 2.14. The molecule has 2 aromatic heterocycles. The Balaban J connectivity index is 1.55. The first-order chi connectivity index (χ1) is 13.7. The highest BCUT2D eigenvalue weighted by Crippen LogP contribution is 2.32. The second-order valence-corrected chi connectivity index (χ2v) is 6.61. The van der Waals surface area contributed by atoms with Crippen LogP contribution in [0.5, 0.6) is 5.75 Å². The van der Waals surface area contributed by atoms with Gasteiger partial charge in [0.2, 0.25) is 5.91 Å². The fourth-order valence-corrected chi connectivity index (χ4v) is 3.39. The smallest absolute Gasteiger partial charge is 0.220 e. The first kappa shape index (κ1) is 17.9. The summed E-state index contributed by atoms with van der Waals surface area (Å²) in [5.74, 6) is 1.57. The van der Waals surface area contributed by atoms with Crippen LogP contribution in [0.3, 0.4) is 0 Å². The third kappa shape index (κ3) is 3.78. The summed E-state index contributed by atoms with van der Waals surface area (Å²) in [7, 11) is 1.66. The Morgan fingerprint density at radius 1 is 1.07 bits per heavy atom. The maximum Gasteiger partial charge on any atom is 0.220 e. The maximum atomic E-state index is 12.3. The van der Waals surface area contributed by atoms with Crippen molar-refractivity contribution in [1.29, 1.82) is 0 Å². The van der Waals surface area contributed by atoms with Crippen LogP contribution < -0.4 is 10.1 Å². The van der Waals surface area contributed by atoms with E-state index in [0.717, 1.165) is 39.2 Å². The van der Waals surface area contributed by atoms with Crippen LogP contribution in [0.1, 0.15) is 17.7 Å². The highest BCUT2D eigenvalue weighted by atomic mass is 16.5. The standard InChI is InChI=1S/C23H22N2O3/c1-27-17-10-8-16(9-11-17)23-20(19-6-2-3-7-21(19)25-23)12-13-22(26)24-15-18-5-4-14-28-18/h2-11,14,25H,12-13,15H2,1H3,(H,24,26). The number of aromatic amines is 1. The molecule has 1 amide bonds. The molecular weight excluding hydrogens is 352 g/mol. The molecule has 2 N–H and O–H groups in total. The Morgan fingerprint density at radius 2 is 1.89 bits per heavy atom. The zero-order valence-corrected chi connectivity index (χ0v) is 15.7. The lowest BCUT2D eigenvalue weighted by molar-refractivity contribution is -0.121. The SMILES string of the molecule is COc1ccc(-c2[nH]c3ccccc3c2CCC(=O)NCc2ccco2)cc1. The van der Waals surface area contributed by atoms with Gasteiger partial charge < -0.3 is 19.5 Å². The quantitative estimate of drug-likeness (QED) is 0.493. The molecule has 0 radical (unpaired) electrons. The first-order valence-corrected chi connectivity index (χ1v) is 9.27. The van der Waals surface area contributed by atoms with Gasteiger partial charge in [-0.1, -0.05) is 18.2 Å². The minimum absolute atomic E-state index is 0.00219. The number of nitrogens with one attached hydrogen (secondary N) is 2. The van der Waals surface area contributed by atoms with Gasteiger partial charge in [0.25, 0.3) is 0 Å². The Bertz CT molecular complexity index is 1060. The van der Waals surface area contributed by atoms with Crippen LogP contribution in [-0.4, -0.2) is 18.0 Å². The highest BCUT2D eigenvalue weighted by molar-refractivity contribution is 5.91. The third-order valence-electron chi connectivity index (χ3n) is 4.83. The van der Waals surface area contributed by atoms with Crippen molar-refractivity contribution in [2.24, 2.45) is 0 Å².